The molecule has 266 valence electrons. The summed E-state index contributed by atoms with van der Waals surface area (Å²) in [5, 5.41) is 0. The van der Waals surface area contributed by atoms with Crippen LogP contribution in [0.25, 0.3) is 0 Å². The molecule has 0 spiro atoms. The molecule has 0 nitrogen and oxygen atoms in total. The van der Waals surface area contributed by atoms with E-state index in [9.17, 15) is 0 Å². The molecule has 2 bridgehead atoms. The van der Waals surface area contributed by atoms with Gasteiger partial charge >= 0.3 is 0 Å². The zero-order chi connectivity index (χ0) is 33.4. The Morgan fingerprint density at radius 1 is 0.413 bits per heavy atom. The fourth-order valence-electron chi connectivity index (χ4n) is 3.90. The molecule has 2 atom stereocenters. The summed E-state index contributed by atoms with van der Waals surface area (Å²) in [6.07, 6.45) is 4.04. The van der Waals surface area contributed by atoms with E-state index in [0.29, 0.717) is 10.8 Å². The van der Waals surface area contributed by atoms with Crippen LogP contribution in [-0.2, 0) is 291 Å². The summed E-state index contributed by atoms with van der Waals surface area (Å²) in [5.74, 6) is 0. The Morgan fingerprint density at radius 2 is 0.609 bits per heavy atom. The summed E-state index contributed by atoms with van der Waals surface area (Å²) in [4.78, 5) is 0. The van der Waals surface area contributed by atoms with Crippen LogP contribution in [0, 0.1) is 0 Å². The molecule has 0 aromatic heterocycles. The molecule has 1 fully saturated rings. The topological polar surface area (TPSA) is 0 Å². The highest BCUT2D eigenvalue weighted by molar-refractivity contribution is 9.13. The normalized spacial score (nSPS) is 17.2. The molecule has 2 aliphatic carbocycles. The number of benzene rings is 1. The summed E-state index contributed by atoms with van der Waals surface area (Å²) in [5.41, 5.74) is 4.03. The Morgan fingerprint density at radius 3 is 0.804 bits per heavy atom. The standard InChI is InChI=1S/C13H14Br2.S31/c1-12-3-4-13(2,7-12)9-6-11(15)10(14)5-8(9)12;1-3-5-7-9-11-13-15-17-19-21-23-25-27-29-31-30-28-26-24-22-20-18-16-14-12-10-8-6-4-2/h5-6H,3-4,7H2,1-2H3;. The number of hydrogen-bond donors (Lipinski definition) is 0. The van der Waals surface area contributed by atoms with Gasteiger partial charge in [-0.25, -0.2) is 0 Å². The van der Waals surface area contributed by atoms with Gasteiger partial charge in [-0.3, -0.25) is 0 Å². The second-order valence-corrected chi connectivity index (χ2v) is 60.6. The third-order valence-corrected chi connectivity index (χ3v) is 69.2. The average Bonchev–Trinajstić information content (AvgIpc) is 3.48. The lowest BCUT2D eigenvalue weighted by atomic mass is 9.78. The van der Waals surface area contributed by atoms with Gasteiger partial charge in [-0.1, -0.05) is 13.8 Å². The van der Waals surface area contributed by atoms with Crippen LogP contribution < -0.4 is 0 Å². The molecule has 0 radical (unpaired) electrons. The molecule has 0 heterocycles. The molecule has 0 saturated heterocycles. The van der Waals surface area contributed by atoms with E-state index in [1.807, 2.05) is 133 Å². The number of hydrogen-bond acceptors (Lipinski definition) is 2. The number of rotatable bonds is 0. The fourth-order valence-corrected chi connectivity index (χ4v) is 78.7. The molecule has 1 aromatic rings. The first-order valence-electron chi connectivity index (χ1n) is 10.4. The Labute approximate surface area is 378 Å². The van der Waals surface area contributed by atoms with Crippen molar-refractivity contribution in [2.45, 2.75) is 43.9 Å². The van der Waals surface area contributed by atoms with Crippen LogP contribution in [0.15, 0.2) is 21.1 Å². The monoisotopic (exact) mass is 1320 g/mol. The molecule has 1 aromatic carbocycles. The molecule has 0 aliphatic heterocycles. The second-order valence-electron chi connectivity index (χ2n) is 7.58. The van der Waals surface area contributed by atoms with E-state index >= 15 is 0 Å². The molecule has 0 amide bonds. The largest absolute Gasteiger partial charge is 0.0555 e. The summed E-state index contributed by atoms with van der Waals surface area (Å²) in [6, 6.07) is 4.65. The maximum atomic E-state index is 4.79. The SMILES string of the molecule is CC12CCC(C)(C1)c1cc(Br)c(Br)cc12.S=S=S=S=S=S=S=S=S=S=S=S=S=S=S=S=S=S=S=S=S=S=S=S=S=S=S=S=S=S=S. The molecule has 33 heteroatoms. The van der Waals surface area contributed by atoms with Gasteiger partial charge in [0.25, 0.3) is 0 Å². The predicted octanol–water partition coefficient (Wildman–Crippen LogP) is 4.85. The van der Waals surface area contributed by atoms with Crippen molar-refractivity contribution in [1.29, 1.82) is 0 Å². The quantitative estimate of drug-likeness (QED) is 0.365. The number of fused-ring (bicyclic) bond motifs is 5. The first kappa shape index (κ1) is 49.1. The van der Waals surface area contributed by atoms with Crippen molar-refractivity contribution in [3.8, 4) is 0 Å². The summed E-state index contributed by atoms with van der Waals surface area (Å²) < 4.78 is 2.39. The average molecular weight is 1320 g/mol. The molecular weight excluding hydrogens is 1310 g/mol. The molecular formula is C13H14Br2S31. The Balaban J connectivity index is 0.000000399. The maximum absolute atomic E-state index is 4.79. The fraction of sp³-hybridized carbons (Fsp3) is 0.538. The van der Waals surface area contributed by atoms with Gasteiger partial charge in [0.1, 0.15) is 0 Å². The minimum absolute atomic E-state index is 0.438. The third kappa shape index (κ3) is 22.1. The van der Waals surface area contributed by atoms with Crippen molar-refractivity contribution in [3.05, 3.63) is 32.2 Å². The van der Waals surface area contributed by atoms with Crippen LogP contribution in [0.5, 0.6) is 0 Å². The Kier molecular flexibility index (Phi) is 34.2. The predicted molar refractivity (Wildman–Crippen MR) is 299 cm³/mol. The van der Waals surface area contributed by atoms with Crippen LogP contribution in [0.3, 0.4) is 0 Å². The molecule has 1 saturated carbocycles. The van der Waals surface area contributed by atoms with Crippen molar-refractivity contribution in [1.82, 2.24) is 0 Å². The first-order chi connectivity index (χ1) is 22.4. The van der Waals surface area contributed by atoms with Crippen LogP contribution in [0.4, 0.5) is 0 Å². The Hall–Kier alpha value is 7.00. The molecule has 46 heavy (non-hydrogen) atoms. The lowest BCUT2D eigenvalue weighted by molar-refractivity contribution is 0.484. The summed E-state index contributed by atoms with van der Waals surface area (Å²) in [7, 11) is 50.9. The van der Waals surface area contributed by atoms with E-state index in [1.54, 1.807) is 118 Å². The van der Waals surface area contributed by atoms with Crippen molar-refractivity contribution < 1.29 is 0 Å². The minimum atomic E-state index is 0.438. The minimum Gasteiger partial charge on any atom is -0.0555 e. The van der Waals surface area contributed by atoms with Crippen LogP contribution in [-0.4, -0.2) is 0 Å². The van der Waals surface area contributed by atoms with Crippen LogP contribution in [0.2, 0.25) is 0 Å². The van der Waals surface area contributed by atoms with Gasteiger partial charge < -0.3 is 0 Å². The lowest BCUT2D eigenvalue weighted by Gasteiger charge is -2.27. The lowest BCUT2D eigenvalue weighted by Crippen LogP contribution is -2.17. The highest BCUT2D eigenvalue weighted by Gasteiger charge is 2.52. The molecule has 0 N–H and O–H groups in total. The molecule has 2 unspecified atom stereocenters. The summed E-state index contributed by atoms with van der Waals surface area (Å²) >= 11 is 16.8. The highest BCUT2D eigenvalue weighted by Crippen LogP contribution is 2.61. The molecule has 3 rings (SSSR count). The zero-order valence-corrected chi connectivity index (χ0v) is 50.2. The Bertz CT molecular complexity index is 2470. The van der Waals surface area contributed by atoms with E-state index in [4.69, 9.17) is 22.4 Å². The van der Waals surface area contributed by atoms with Crippen molar-refractivity contribution >= 4 is 312 Å². The van der Waals surface area contributed by atoms with Gasteiger partial charge in [-0.2, -0.15) is 0 Å². The van der Waals surface area contributed by atoms with Gasteiger partial charge in [-0.15, -0.1) is 0 Å². The van der Waals surface area contributed by atoms with Crippen molar-refractivity contribution in [3.63, 3.8) is 0 Å². The van der Waals surface area contributed by atoms with Gasteiger partial charge in [0.15, 0.2) is 0 Å². The summed E-state index contributed by atoms with van der Waals surface area (Å²) in [6.45, 7) is 4.84. The van der Waals surface area contributed by atoms with E-state index in [2.05, 4.69) is 57.8 Å². The van der Waals surface area contributed by atoms with Gasteiger partial charge in [0.2, 0.25) is 0 Å². The van der Waals surface area contributed by atoms with E-state index in [0.717, 1.165) is 0 Å². The second kappa shape index (κ2) is 32.0. The van der Waals surface area contributed by atoms with E-state index < -0.39 is 0 Å². The van der Waals surface area contributed by atoms with Gasteiger partial charge in [0.05, 0.1) is 0 Å². The van der Waals surface area contributed by atoms with Crippen molar-refractivity contribution in [2.24, 2.45) is 0 Å². The van der Waals surface area contributed by atoms with Crippen molar-refractivity contribution in [2.75, 3.05) is 0 Å². The smallest absolute Gasteiger partial charge is 0.0320 e. The maximum Gasteiger partial charge on any atom is 0.0320 e. The van der Waals surface area contributed by atoms with Crippen LogP contribution in [0.1, 0.15) is 44.2 Å². The zero-order valence-electron chi connectivity index (χ0n) is 21.7. The van der Waals surface area contributed by atoms with E-state index in [1.165, 1.54) is 46.0 Å². The third-order valence-electron chi connectivity index (χ3n) is 5.15. The molecule has 2 aliphatic rings. The first-order valence-corrected chi connectivity index (χ1v) is 52.0. The van der Waals surface area contributed by atoms with Crippen LogP contribution >= 0.6 is 31.9 Å². The van der Waals surface area contributed by atoms with E-state index in [-0.39, 0.29) is 0 Å². The highest BCUT2D eigenvalue weighted by atomic mass is 79.9. The number of halogens is 2. The van der Waals surface area contributed by atoms with Gasteiger partial charge in [-0.05, 0) is 85.2 Å². The van der Waals surface area contributed by atoms with Gasteiger partial charge in [0, 0.05) is 289 Å².